The maximum atomic E-state index is 5.63. The van der Waals surface area contributed by atoms with E-state index in [9.17, 15) is 0 Å². The van der Waals surface area contributed by atoms with E-state index in [1.54, 1.807) is 21.3 Å². The van der Waals surface area contributed by atoms with Crippen LogP contribution >= 0.6 is 24.0 Å². The van der Waals surface area contributed by atoms with Crippen LogP contribution in [0.5, 0.6) is 17.2 Å². The first-order chi connectivity index (χ1) is 12.0. The number of hydrogen-bond donors (Lipinski definition) is 2. The molecule has 0 unspecified atom stereocenters. The molecule has 0 aliphatic heterocycles. The molecular formula is C19H34IN3O3. The van der Waals surface area contributed by atoms with Gasteiger partial charge in [-0.3, -0.25) is 4.99 Å². The second-order valence-corrected chi connectivity index (χ2v) is 6.15. The number of ether oxygens (including phenoxy) is 3. The molecular weight excluding hydrogens is 445 g/mol. The lowest BCUT2D eigenvalue weighted by Crippen LogP contribution is -2.37. The molecule has 1 rings (SSSR count). The fourth-order valence-electron chi connectivity index (χ4n) is 2.45. The summed E-state index contributed by atoms with van der Waals surface area (Å²) in [6, 6.07) is 3.90. The van der Waals surface area contributed by atoms with Gasteiger partial charge in [-0.1, -0.05) is 13.8 Å². The van der Waals surface area contributed by atoms with Crippen molar-refractivity contribution in [2.75, 3.05) is 34.4 Å². The molecule has 0 amide bonds. The van der Waals surface area contributed by atoms with Gasteiger partial charge in [0.25, 0.3) is 0 Å². The van der Waals surface area contributed by atoms with Crippen LogP contribution in [-0.2, 0) is 6.54 Å². The Bertz CT molecular complexity index is 526. The Labute approximate surface area is 175 Å². The Balaban J connectivity index is 0.00000625. The van der Waals surface area contributed by atoms with Gasteiger partial charge in [0, 0.05) is 20.1 Å². The van der Waals surface area contributed by atoms with Gasteiger partial charge in [0.05, 0.1) is 20.8 Å². The number of halogens is 1. The van der Waals surface area contributed by atoms with Gasteiger partial charge in [-0.05, 0) is 43.4 Å². The SMILES string of the molecule is CCOc1c(OC)cc(CNC(=NC)NCCCC(C)C)cc1OC.I. The van der Waals surface area contributed by atoms with Crippen LogP contribution in [0, 0.1) is 5.92 Å². The van der Waals surface area contributed by atoms with Gasteiger partial charge in [-0.15, -0.1) is 24.0 Å². The molecule has 2 N–H and O–H groups in total. The zero-order valence-corrected chi connectivity index (χ0v) is 19.2. The van der Waals surface area contributed by atoms with Crippen LogP contribution in [-0.4, -0.2) is 40.4 Å². The summed E-state index contributed by atoms with van der Waals surface area (Å²) in [6.45, 7) is 8.48. The van der Waals surface area contributed by atoms with Crippen LogP contribution in [0.3, 0.4) is 0 Å². The first-order valence-electron chi connectivity index (χ1n) is 8.87. The largest absolute Gasteiger partial charge is 0.493 e. The van der Waals surface area contributed by atoms with Crippen LogP contribution in [0.1, 0.15) is 39.2 Å². The number of rotatable bonds is 10. The molecule has 0 aromatic heterocycles. The summed E-state index contributed by atoms with van der Waals surface area (Å²) in [5, 5.41) is 6.65. The standard InChI is InChI=1S/C19H33N3O3.HI/c1-7-25-18-16(23-5)11-15(12-17(18)24-6)13-22-19(20-4)21-10-8-9-14(2)3;/h11-12,14H,7-10,13H2,1-6H3,(H2,20,21,22);1H. The van der Waals surface area contributed by atoms with Crippen LogP contribution in [0.15, 0.2) is 17.1 Å². The molecule has 26 heavy (non-hydrogen) atoms. The molecule has 0 heterocycles. The van der Waals surface area contributed by atoms with Crippen LogP contribution in [0.25, 0.3) is 0 Å². The molecule has 1 aromatic rings. The van der Waals surface area contributed by atoms with Crippen LogP contribution < -0.4 is 24.8 Å². The van der Waals surface area contributed by atoms with E-state index in [2.05, 4.69) is 29.5 Å². The number of hydrogen-bond acceptors (Lipinski definition) is 4. The van der Waals surface area contributed by atoms with Gasteiger partial charge in [-0.2, -0.15) is 0 Å². The van der Waals surface area contributed by atoms with Crippen molar-refractivity contribution in [2.45, 2.75) is 40.2 Å². The molecule has 0 saturated heterocycles. The maximum Gasteiger partial charge on any atom is 0.203 e. The second kappa shape index (κ2) is 13.8. The van der Waals surface area contributed by atoms with E-state index in [4.69, 9.17) is 14.2 Å². The monoisotopic (exact) mass is 479 g/mol. The van der Waals surface area contributed by atoms with Crippen molar-refractivity contribution in [1.29, 1.82) is 0 Å². The summed E-state index contributed by atoms with van der Waals surface area (Å²) >= 11 is 0. The third-order valence-corrected chi connectivity index (χ3v) is 3.74. The molecule has 0 saturated carbocycles. The topological polar surface area (TPSA) is 64.1 Å². The van der Waals surface area contributed by atoms with Gasteiger partial charge in [0.15, 0.2) is 17.5 Å². The average Bonchev–Trinajstić information content (AvgIpc) is 2.61. The van der Waals surface area contributed by atoms with Gasteiger partial charge >= 0.3 is 0 Å². The molecule has 6 nitrogen and oxygen atoms in total. The number of aliphatic imine (C=N–C) groups is 1. The highest BCUT2D eigenvalue weighted by Gasteiger charge is 2.14. The van der Waals surface area contributed by atoms with Gasteiger partial charge in [-0.25, -0.2) is 0 Å². The first kappa shape index (κ1) is 24.6. The Morgan fingerprint density at radius 3 is 2.19 bits per heavy atom. The molecule has 7 heteroatoms. The highest BCUT2D eigenvalue weighted by Crippen LogP contribution is 2.38. The molecule has 0 radical (unpaired) electrons. The van der Waals surface area contributed by atoms with Crippen molar-refractivity contribution >= 4 is 29.9 Å². The average molecular weight is 479 g/mol. The maximum absolute atomic E-state index is 5.63. The van der Waals surface area contributed by atoms with E-state index in [-0.39, 0.29) is 24.0 Å². The summed E-state index contributed by atoms with van der Waals surface area (Å²) in [6.07, 6.45) is 2.33. The molecule has 1 aromatic carbocycles. The molecule has 150 valence electrons. The predicted octanol–water partition coefficient (Wildman–Crippen LogP) is 3.82. The Morgan fingerprint density at radius 1 is 1.12 bits per heavy atom. The molecule has 0 atom stereocenters. The summed E-state index contributed by atoms with van der Waals surface area (Å²) in [5.41, 5.74) is 1.03. The quantitative estimate of drug-likeness (QED) is 0.231. The lowest BCUT2D eigenvalue weighted by atomic mass is 10.1. The Morgan fingerprint density at radius 2 is 1.73 bits per heavy atom. The molecule has 0 aliphatic carbocycles. The number of methoxy groups -OCH3 is 2. The van der Waals surface area contributed by atoms with Gasteiger partial charge in [0.1, 0.15) is 0 Å². The molecule has 0 aliphatic rings. The lowest BCUT2D eigenvalue weighted by Gasteiger charge is -2.16. The number of nitrogens with one attached hydrogen (secondary N) is 2. The van der Waals surface area contributed by atoms with Crippen LogP contribution in [0.4, 0.5) is 0 Å². The van der Waals surface area contributed by atoms with E-state index in [0.717, 1.165) is 30.4 Å². The summed E-state index contributed by atoms with van der Waals surface area (Å²) in [4.78, 5) is 4.26. The van der Waals surface area contributed by atoms with Crippen molar-refractivity contribution in [3.63, 3.8) is 0 Å². The fraction of sp³-hybridized carbons (Fsp3) is 0.632. The minimum atomic E-state index is 0. The Hall–Kier alpha value is -1.38. The van der Waals surface area contributed by atoms with Gasteiger partial charge < -0.3 is 24.8 Å². The summed E-state index contributed by atoms with van der Waals surface area (Å²) in [7, 11) is 5.03. The highest BCUT2D eigenvalue weighted by atomic mass is 127. The lowest BCUT2D eigenvalue weighted by molar-refractivity contribution is 0.288. The molecule has 0 spiro atoms. The van der Waals surface area contributed by atoms with E-state index in [1.807, 2.05) is 19.1 Å². The zero-order valence-electron chi connectivity index (χ0n) is 16.8. The van der Waals surface area contributed by atoms with Crippen LogP contribution in [0.2, 0.25) is 0 Å². The van der Waals surface area contributed by atoms with Crippen molar-refractivity contribution in [3.8, 4) is 17.2 Å². The van der Waals surface area contributed by atoms with E-state index < -0.39 is 0 Å². The van der Waals surface area contributed by atoms with E-state index in [0.29, 0.717) is 30.4 Å². The summed E-state index contributed by atoms with van der Waals surface area (Å²) in [5.74, 6) is 3.47. The molecule has 0 bridgehead atoms. The Kier molecular flexibility index (Phi) is 13.0. The first-order valence-corrected chi connectivity index (χ1v) is 8.87. The van der Waals surface area contributed by atoms with Crippen molar-refractivity contribution in [3.05, 3.63) is 17.7 Å². The van der Waals surface area contributed by atoms with Gasteiger partial charge in [0.2, 0.25) is 5.75 Å². The molecule has 0 fully saturated rings. The number of guanidine groups is 1. The minimum absolute atomic E-state index is 0. The van der Waals surface area contributed by atoms with Crippen molar-refractivity contribution in [2.24, 2.45) is 10.9 Å². The van der Waals surface area contributed by atoms with E-state index >= 15 is 0 Å². The predicted molar refractivity (Wildman–Crippen MR) is 118 cm³/mol. The number of benzene rings is 1. The van der Waals surface area contributed by atoms with E-state index in [1.165, 1.54) is 6.42 Å². The number of nitrogens with zero attached hydrogens (tertiary/aromatic N) is 1. The minimum Gasteiger partial charge on any atom is -0.493 e. The second-order valence-electron chi connectivity index (χ2n) is 6.15. The fourth-order valence-corrected chi connectivity index (χ4v) is 2.45. The van der Waals surface area contributed by atoms with Crippen molar-refractivity contribution in [1.82, 2.24) is 10.6 Å². The van der Waals surface area contributed by atoms with Crippen molar-refractivity contribution < 1.29 is 14.2 Å². The summed E-state index contributed by atoms with van der Waals surface area (Å²) < 4.78 is 16.5. The normalized spacial score (nSPS) is 11.0. The third kappa shape index (κ3) is 8.33. The third-order valence-electron chi connectivity index (χ3n) is 3.74. The highest BCUT2D eigenvalue weighted by molar-refractivity contribution is 14.0. The smallest absolute Gasteiger partial charge is 0.203 e. The zero-order chi connectivity index (χ0) is 18.7.